The molecular weight excluding hydrogens is 210 g/mol. The maximum Gasteiger partial charge on any atom is 0.120 e. The normalized spacial score (nSPS) is 12.6. The zero-order valence-corrected chi connectivity index (χ0v) is 10.4. The van der Waals surface area contributed by atoms with E-state index >= 15 is 0 Å². The Morgan fingerprint density at radius 3 is 2.71 bits per heavy atom. The van der Waals surface area contributed by atoms with Crippen LogP contribution in [0.15, 0.2) is 47.1 Å². The minimum atomic E-state index is 0.272. The van der Waals surface area contributed by atoms with E-state index in [1.165, 1.54) is 11.1 Å². The van der Waals surface area contributed by atoms with Crippen LogP contribution in [0.25, 0.3) is 0 Å². The Bertz CT molecular complexity index is 448. The Balaban J connectivity index is 1.82. The quantitative estimate of drug-likeness (QED) is 0.849. The van der Waals surface area contributed by atoms with E-state index in [-0.39, 0.29) is 6.04 Å². The van der Waals surface area contributed by atoms with Gasteiger partial charge in [-0.3, -0.25) is 0 Å². The molecule has 0 radical (unpaired) electrons. The molecule has 0 bridgehead atoms. The van der Waals surface area contributed by atoms with E-state index in [1.54, 1.807) is 6.26 Å². The first-order valence-corrected chi connectivity index (χ1v) is 6.08. The minimum Gasteiger partial charge on any atom is -0.468 e. The Hall–Kier alpha value is -1.54. The summed E-state index contributed by atoms with van der Waals surface area (Å²) in [5.41, 5.74) is 2.77. The maximum atomic E-state index is 5.36. The number of hydrogen-bond acceptors (Lipinski definition) is 2. The van der Waals surface area contributed by atoms with Crippen LogP contribution in [0.3, 0.4) is 0 Å². The van der Waals surface area contributed by atoms with Gasteiger partial charge < -0.3 is 9.73 Å². The zero-order valence-electron chi connectivity index (χ0n) is 10.4. The summed E-state index contributed by atoms with van der Waals surface area (Å²) in [5, 5.41) is 3.47. The number of nitrogens with one attached hydrogen (secondary N) is 1. The molecule has 1 aromatic heterocycles. The molecule has 0 spiro atoms. The van der Waals surface area contributed by atoms with E-state index in [2.05, 4.69) is 43.4 Å². The third kappa shape index (κ3) is 3.21. The standard InChI is InChI=1S/C15H19NO/c1-12-6-3-4-7-14(12)9-10-16-13(2)15-8-5-11-17-15/h3-8,11,13,16H,9-10H2,1-2H3. The van der Waals surface area contributed by atoms with Crippen LogP contribution in [-0.4, -0.2) is 6.54 Å². The van der Waals surface area contributed by atoms with Crippen LogP contribution < -0.4 is 5.32 Å². The monoisotopic (exact) mass is 229 g/mol. The number of benzene rings is 1. The van der Waals surface area contributed by atoms with Gasteiger partial charge in [0.2, 0.25) is 0 Å². The van der Waals surface area contributed by atoms with Crippen LogP contribution in [0, 0.1) is 6.92 Å². The van der Waals surface area contributed by atoms with Crippen LogP contribution in [-0.2, 0) is 6.42 Å². The van der Waals surface area contributed by atoms with Gasteiger partial charge in [0, 0.05) is 0 Å². The number of hydrogen-bond donors (Lipinski definition) is 1. The largest absolute Gasteiger partial charge is 0.468 e. The van der Waals surface area contributed by atoms with Gasteiger partial charge in [0.05, 0.1) is 12.3 Å². The van der Waals surface area contributed by atoms with Crippen molar-refractivity contribution in [1.29, 1.82) is 0 Å². The SMILES string of the molecule is Cc1ccccc1CCNC(C)c1ccco1. The highest BCUT2D eigenvalue weighted by Crippen LogP contribution is 2.12. The second kappa shape index (κ2) is 5.69. The average Bonchev–Trinajstić information content (AvgIpc) is 2.85. The van der Waals surface area contributed by atoms with E-state index in [4.69, 9.17) is 4.42 Å². The number of furan rings is 1. The van der Waals surface area contributed by atoms with Gasteiger partial charge in [0.25, 0.3) is 0 Å². The second-order valence-electron chi connectivity index (χ2n) is 4.37. The molecule has 1 aromatic carbocycles. The van der Waals surface area contributed by atoms with Crippen molar-refractivity contribution in [3.8, 4) is 0 Å². The fourth-order valence-corrected chi connectivity index (χ4v) is 1.95. The molecule has 0 aliphatic rings. The van der Waals surface area contributed by atoms with E-state index in [9.17, 15) is 0 Å². The van der Waals surface area contributed by atoms with Crippen LogP contribution in [0.5, 0.6) is 0 Å². The fraction of sp³-hybridized carbons (Fsp3) is 0.333. The summed E-state index contributed by atoms with van der Waals surface area (Å²) in [6.07, 6.45) is 2.77. The van der Waals surface area contributed by atoms with Gasteiger partial charge >= 0.3 is 0 Å². The van der Waals surface area contributed by atoms with Crippen molar-refractivity contribution in [2.24, 2.45) is 0 Å². The lowest BCUT2D eigenvalue weighted by molar-refractivity contribution is 0.432. The zero-order chi connectivity index (χ0) is 12.1. The molecule has 1 unspecified atom stereocenters. The summed E-state index contributed by atoms with van der Waals surface area (Å²) < 4.78 is 5.36. The van der Waals surface area contributed by atoms with E-state index in [1.807, 2.05) is 12.1 Å². The molecule has 2 nitrogen and oxygen atoms in total. The molecule has 1 atom stereocenters. The highest BCUT2D eigenvalue weighted by Gasteiger charge is 2.06. The van der Waals surface area contributed by atoms with Gasteiger partial charge in [-0.05, 0) is 50.1 Å². The predicted octanol–water partition coefficient (Wildman–Crippen LogP) is 3.48. The molecule has 1 heterocycles. The van der Waals surface area contributed by atoms with Gasteiger partial charge in [0.15, 0.2) is 0 Å². The molecule has 0 saturated heterocycles. The van der Waals surface area contributed by atoms with Crippen LogP contribution in [0.4, 0.5) is 0 Å². The summed E-state index contributed by atoms with van der Waals surface area (Å²) in [4.78, 5) is 0. The molecule has 0 aliphatic carbocycles. The second-order valence-corrected chi connectivity index (χ2v) is 4.37. The summed E-state index contributed by atoms with van der Waals surface area (Å²) in [6, 6.07) is 12.7. The van der Waals surface area contributed by atoms with Gasteiger partial charge in [-0.2, -0.15) is 0 Å². The number of aryl methyl sites for hydroxylation is 1. The van der Waals surface area contributed by atoms with E-state index < -0.39 is 0 Å². The predicted molar refractivity (Wildman–Crippen MR) is 70.0 cm³/mol. The third-order valence-corrected chi connectivity index (χ3v) is 3.08. The maximum absolute atomic E-state index is 5.36. The summed E-state index contributed by atoms with van der Waals surface area (Å²) >= 11 is 0. The first-order valence-electron chi connectivity index (χ1n) is 6.08. The van der Waals surface area contributed by atoms with Crippen molar-refractivity contribution in [2.75, 3.05) is 6.54 Å². The molecule has 0 fully saturated rings. The smallest absolute Gasteiger partial charge is 0.120 e. The average molecular weight is 229 g/mol. The summed E-state index contributed by atoms with van der Waals surface area (Å²) in [7, 11) is 0. The van der Waals surface area contributed by atoms with Crippen LogP contribution >= 0.6 is 0 Å². The Morgan fingerprint density at radius 2 is 2.00 bits per heavy atom. The Labute approximate surface area is 103 Å². The Kier molecular flexibility index (Phi) is 3.99. The molecule has 2 heteroatoms. The first-order chi connectivity index (χ1) is 8.27. The highest BCUT2D eigenvalue weighted by molar-refractivity contribution is 5.25. The molecule has 2 aromatic rings. The van der Waals surface area contributed by atoms with Crippen LogP contribution in [0.1, 0.15) is 29.9 Å². The van der Waals surface area contributed by atoms with Crippen molar-refractivity contribution >= 4 is 0 Å². The first kappa shape index (κ1) is 11.9. The van der Waals surface area contributed by atoms with Gasteiger partial charge in [0.1, 0.15) is 5.76 Å². The van der Waals surface area contributed by atoms with E-state index in [0.29, 0.717) is 0 Å². The highest BCUT2D eigenvalue weighted by atomic mass is 16.3. The Morgan fingerprint density at radius 1 is 1.18 bits per heavy atom. The molecule has 0 saturated carbocycles. The van der Waals surface area contributed by atoms with Crippen molar-refractivity contribution in [1.82, 2.24) is 5.32 Å². The summed E-state index contributed by atoms with van der Waals surface area (Å²) in [6.45, 7) is 5.24. The number of rotatable bonds is 5. The van der Waals surface area contributed by atoms with Crippen molar-refractivity contribution in [3.63, 3.8) is 0 Å². The summed E-state index contributed by atoms with van der Waals surface area (Å²) in [5.74, 6) is 0.995. The van der Waals surface area contributed by atoms with E-state index in [0.717, 1.165) is 18.7 Å². The molecule has 1 N–H and O–H groups in total. The fourth-order valence-electron chi connectivity index (χ4n) is 1.95. The third-order valence-electron chi connectivity index (χ3n) is 3.08. The van der Waals surface area contributed by atoms with Crippen molar-refractivity contribution in [3.05, 3.63) is 59.5 Å². The van der Waals surface area contributed by atoms with Gasteiger partial charge in [-0.1, -0.05) is 24.3 Å². The minimum absolute atomic E-state index is 0.272. The van der Waals surface area contributed by atoms with Gasteiger partial charge in [-0.25, -0.2) is 0 Å². The molecule has 17 heavy (non-hydrogen) atoms. The molecular formula is C15H19NO. The lowest BCUT2D eigenvalue weighted by Gasteiger charge is -2.12. The van der Waals surface area contributed by atoms with Crippen molar-refractivity contribution in [2.45, 2.75) is 26.3 Å². The topological polar surface area (TPSA) is 25.2 Å². The molecule has 90 valence electrons. The molecule has 0 aliphatic heterocycles. The van der Waals surface area contributed by atoms with Gasteiger partial charge in [-0.15, -0.1) is 0 Å². The van der Waals surface area contributed by atoms with Crippen LogP contribution in [0.2, 0.25) is 0 Å². The molecule has 0 amide bonds. The van der Waals surface area contributed by atoms with Crippen molar-refractivity contribution < 1.29 is 4.42 Å². The lowest BCUT2D eigenvalue weighted by Crippen LogP contribution is -2.21. The lowest BCUT2D eigenvalue weighted by atomic mass is 10.1. The molecule has 2 rings (SSSR count).